The summed E-state index contributed by atoms with van der Waals surface area (Å²) >= 11 is 6.17. The number of halogens is 1. The lowest BCUT2D eigenvalue weighted by Gasteiger charge is -2.32. The van der Waals surface area contributed by atoms with Crippen LogP contribution in [-0.4, -0.2) is 51.0 Å². The number of H-pyrrole nitrogens is 1. The Morgan fingerprint density at radius 1 is 1.24 bits per heavy atom. The zero-order valence-corrected chi connectivity index (χ0v) is 19.7. The second kappa shape index (κ2) is 8.19. The largest absolute Gasteiger partial charge is 0.489 e. The van der Waals surface area contributed by atoms with Gasteiger partial charge in [0, 0.05) is 32.6 Å². The molecule has 6 nitrogen and oxygen atoms in total. The number of carbonyl (C=O) groups is 1. The van der Waals surface area contributed by atoms with Crippen molar-refractivity contribution in [2.45, 2.75) is 44.8 Å². The Morgan fingerprint density at radius 2 is 1.97 bits per heavy atom. The normalized spacial score (nSPS) is 15.5. The highest BCUT2D eigenvalue weighted by Crippen LogP contribution is 2.45. The summed E-state index contributed by atoms with van der Waals surface area (Å²) in [5.74, 6) is 5.89. The van der Waals surface area contributed by atoms with Gasteiger partial charge in [0.25, 0.3) is 0 Å². The number of fused-ring (bicyclic) bond motifs is 4. The van der Waals surface area contributed by atoms with Gasteiger partial charge in [0.2, 0.25) is 0 Å². The highest BCUT2D eigenvalue weighted by Gasteiger charge is 2.40. The van der Waals surface area contributed by atoms with Gasteiger partial charge in [-0.3, -0.25) is 4.79 Å². The third-order valence-corrected chi connectivity index (χ3v) is 6.03. The molecule has 0 unspecified atom stereocenters. The molecule has 0 saturated heterocycles. The number of ether oxygens (including phenoxy) is 1. The van der Waals surface area contributed by atoms with Crippen molar-refractivity contribution in [2.75, 3.05) is 13.2 Å². The maximum Gasteiger partial charge on any atom is 0.195 e. The van der Waals surface area contributed by atoms with Crippen molar-refractivity contribution in [3.05, 3.63) is 63.3 Å². The summed E-state index contributed by atoms with van der Waals surface area (Å²) < 4.78 is 5.78. The van der Waals surface area contributed by atoms with Crippen LogP contribution in [0.25, 0.3) is 10.9 Å². The molecule has 3 aromatic rings. The van der Waals surface area contributed by atoms with Gasteiger partial charge in [0.15, 0.2) is 5.78 Å². The summed E-state index contributed by atoms with van der Waals surface area (Å²) in [6, 6.07) is 8.84. The zero-order chi connectivity index (χ0) is 24.1. The van der Waals surface area contributed by atoms with Gasteiger partial charge in [-0.2, -0.15) is 0 Å². The Balaban J connectivity index is 1.93. The Hall–Kier alpha value is -2.82. The Kier molecular flexibility index (Phi) is 5.80. The van der Waals surface area contributed by atoms with Crippen LogP contribution in [-0.2, 0) is 5.41 Å². The molecule has 4 N–H and O–H groups in total. The molecule has 0 aliphatic heterocycles. The molecule has 0 bridgehead atoms. The third-order valence-electron chi connectivity index (χ3n) is 5.80. The molecule has 1 aliphatic carbocycles. The van der Waals surface area contributed by atoms with E-state index in [2.05, 4.69) is 16.8 Å². The van der Waals surface area contributed by atoms with Crippen LogP contribution in [0.15, 0.2) is 30.3 Å². The third kappa shape index (κ3) is 4.25. The van der Waals surface area contributed by atoms with E-state index in [-0.39, 0.29) is 12.4 Å². The van der Waals surface area contributed by atoms with Crippen LogP contribution >= 0.6 is 11.6 Å². The van der Waals surface area contributed by atoms with Crippen molar-refractivity contribution in [3.63, 3.8) is 0 Å². The van der Waals surface area contributed by atoms with Crippen LogP contribution in [0.5, 0.6) is 5.75 Å². The van der Waals surface area contributed by atoms with E-state index < -0.39 is 23.7 Å². The van der Waals surface area contributed by atoms with Crippen molar-refractivity contribution in [1.29, 1.82) is 0 Å². The second-order valence-corrected chi connectivity index (χ2v) is 9.81. The average Bonchev–Trinajstić information content (AvgIpc) is 3.13. The van der Waals surface area contributed by atoms with E-state index in [9.17, 15) is 15.0 Å². The van der Waals surface area contributed by atoms with Gasteiger partial charge in [-0.15, -0.1) is 0 Å². The molecule has 2 aromatic carbocycles. The molecule has 0 radical (unpaired) electrons. The number of aromatic nitrogens is 1. The number of hydrogen-bond acceptors (Lipinski definition) is 5. The molecule has 7 heteroatoms. The molecule has 0 spiro atoms. The maximum atomic E-state index is 13.7. The van der Waals surface area contributed by atoms with Gasteiger partial charge < -0.3 is 25.0 Å². The van der Waals surface area contributed by atoms with E-state index in [0.717, 1.165) is 22.2 Å². The van der Waals surface area contributed by atoms with Crippen LogP contribution in [0.3, 0.4) is 0 Å². The number of aliphatic hydroxyl groups excluding tert-OH is 2. The summed E-state index contributed by atoms with van der Waals surface area (Å²) in [5, 5.41) is 30.4. The highest BCUT2D eigenvalue weighted by atomic mass is 35.5. The van der Waals surface area contributed by atoms with Crippen molar-refractivity contribution in [1.82, 2.24) is 4.98 Å². The predicted octanol–water partition coefficient (Wildman–Crippen LogP) is 3.55. The molecule has 172 valence electrons. The summed E-state index contributed by atoms with van der Waals surface area (Å²) in [6.07, 6.45) is -1.06. The van der Waals surface area contributed by atoms with Crippen molar-refractivity contribution < 1.29 is 24.9 Å². The van der Waals surface area contributed by atoms with Crippen LogP contribution in [0.1, 0.15) is 60.4 Å². The second-order valence-electron chi connectivity index (χ2n) is 9.37. The average molecular weight is 468 g/mol. The van der Waals surface area contributed by atoms with E-state index in [1.165, 1.54) is 0 Å². The van der Waals surface area contributed by atoms with Gasteiger partial charge in [-0.25, -0.2) is 0 Å². The number of nitrogens with one attached hydrogen (secondary N) is 1. The predicted molar refractivity (Wildman–Crippen MR) is 127 cm³/mol. The number of ketones is 1. The Bertz CT molecular complexity index is 1320. The fourth-order valence-electron chi connectivity index (χ4n) is 4.10. The summed E-state index contributed by atoms with van der Waals surface area (Å²) in [6.45, 7) is 6.57. The molecular weight excluding hydrogens is 442 g/mol. The number of aliphatic hydroxyl groups is 3. The molecule has 0 fully saturated rings. The van der Waals surface area contributed by atoms with Gasteiger partial charge in [-0.1, -0.05) is 43.4 Å². The van der Waals surface area contributed by atoms with Crippen molar-refractivity contribution in [3.8, 4) is 17.6 Å². The highest BCUT2D eigenvalue weighted by molar-refractivity contribution is 6.31. The standard InChI is InChI=1S/C26H26ClNO5/c1-25(2,32)8-7-14-9-18-19(11-21(14)33-13-16(30)12-29)26(3,4)24-22(23(18)31)17-6-5-15(27)10-20(17)28-24/h5-6,9-11,16,28-30,32H,12-13H2,1-4H3/t16-/m0/s1. The quantitative estimate of drug-likeness (QED) is 0.439. The lowest BCUT2D eigenvalue weighted by Crippen LogP contribution is -2.31. The van der Waals surface area contributed by atoms with E-state index in [4.69, 9.17) is 21.4 Å². The van der Waals surface area contributed by atoms with E-state index in [1.807, 2.05) is 19.9 Å². The first kappa shape index (κ1) is 23.3. The lowest BCUT2D eigenvalue weighted by molar-refractivity contribution is 0.0534. The van der Waals surface area contributed by atoms with Gasteiger partial charge in [0.05, 0.1) is 17.7 Å². The van der Waals surface area contributed by atoms with E-state index in [1.54, 1.807) is 38.1 Å². The molecule has 4 rings (SSSR count). The summed E-state index contributed by atoms with van der Waals surface area (Å²) in [4.78, 5) is 17.0. The molecule has 0 saturated carbocycles. The fraction of sp³-hybridized carbons (Fsp3) is 0.346. The maximum absolute atomic E-state index is 13.7. The first-order chi connectivity index (χ1) is 15.4. The monoisotopic (exact) mass is 467 g/mol. The smallest absolute Gasteiger partial charge is 0.195 e. The number of hydrogen-bond donors (Lipinski definition) is 4. The van der Waals surface area contributed by atoms with Crippen molar-refractivity contribution in [2.24, 2.45) is 0 Å². The number of aromatic amines is 1. The minimum absolute atomic E-state index is 0.138. The van der Waals surface area contributed by atoms with Crippen LogP contribution in [0, 0.1) is 11.8 Å². The van der Waals surface area contributed by atoms with Crippen molar-refractivity contribution >= 4 is 28.3 Å². The molecule has 1 atom stereocenters. The first-order valence-electron chi connectivity index (χ1n) is 10.6. The molecule has 1 aromatic heterocycles. The minimum Gasteiger partial charge on any atom is -0.489 e. The van der Waals surface area contributed by atoms with Gasteiger partial charge >= 0.3 is 0 Å². The zero-order valence-electron chi connectivity index (χ0n) is 18.9. The molecule has 1 aliphatic rings. The molecular formula is C26H26ClNO5. The topological polar surface area (TPSA) is 103 Å². The Morgan fingerprint density at radius 3 is 2.64 bits per heavy atom. The lowest BCUT2D eigenvalue weighted by atomic mass is 9.71. The SMILES string of the molecule is CC(C)(O)C#Cc1cc2c(cc1OC[C@@H](O)CO)C(C)(C)c1[nH]c3cc(Cl)ccc3c1C2=O. The van der Waals surface area contributed by atoms with Crippen LogP contribution in [0.4, 0.5) is 0 Å². The van der Waals surface area contributed by atoms with E-state index >= 15 is 0 Å². The molecule has 33 heavy (non-hydrogen) atoms. The van der Waals surface area contributed by atoms with Gasteiger partial charge in [0.1, 0.15) is 24.1 Å². The minimum atomic E-state index is -1.25. The summed E-state index contributed by atoms with van der Waals surface area (Å²) in [7, 11) is 0. The fourth-order valence-corrected chi connectivity index (χ4v) is 4.28. The Labute approximate surface area is 197 Å². The first-order valence-corrected chi connectivity index (χ1v) is 11.0. The van der Waals surface area contributed by atoms with Crippen LogP contribution in [0.2, 0.25) is 5.02 Å². The number of carbonyl (C=O) groups excluding carboxylic acids is 1. The van der Waals surface area contributed by atoms with Crippen LogP contribution < -0.4 is 4.74 Å². The van der Waals surface area contributed by atoms with E-state index in [0.29, 0.717) is 27.5 Å². The molecule has 1 heterocycles. The summed E-state index contributed by atoms with van der Waals surface area (Å²) in [5.41, 5.74) is 2.02. The molecule has 0 amide bonds. The van der Waals surface area contributed by atoms with Gasteiger partial charge in [-0.05, 0) is 43.7 Å². The number of rotatable bonds is 4. The number of benzene rings is 2.